The standard InChI is InChI=1S/C22H28N2S4/c1-21(2,3)23-15-11-7-9-13-17(15)25-19(23)27-28-20-24(22(4,5)6)16-12-8-10-14-18(16)26-20/h7-14,19-20H,1-6H3. The summed E-state index contributed by atoms with van der Waals surface area (Å²) in [5, 5.41) is 0. The van der Waals surface area contributed by atoms with E-state index in [0.29, 0.717) is 9.41 Å². The third kappa shape index (κ3) is 3.90. The molecule has 2 atom stereocenters. The summed E-state index contributed by atoms with van der Waals surface area (Å²) in [5.74, 6) is 0. The third-order valence-electron chi connectivity index (χ3n) is 4.79. The number of rotatable bonds is 3. The van der Waals surface area contributed by atoms with Crippen LogP contribution in [0.15, 0.2) is 58.3 Å². The van der Waals surface area contributed by atoms with Crippen LogP contribution in [0.4, 0.5) is 11.4 Å². The first-order chi connectivity index (χ1) is 13.2. The molecule has 0 saturated heterocycles. The second-order valence-electron chi connectivity index (χ2n) is 9.06. The lowest BCUT2D eigenvalue weighted by molar-refractivity contribution is 0.525. The van der Waals surface area contributed by atoms with Gasteiger partial charge in [-0.15, -0.1) is 0 Å². The smallest absolute Gasteiger partial charge is 0.137 e. The van der Waals surface area contributed by atoms with Gasteiger partial charge in [-0.2, -0.15) is 0 Å². The van der Waals surface area contributed by atoms with Gasteiger partial charge in [-0.25, -0.2) is 0 Å². The van der Waals surface area contributed by atoms with Crippen molar-refractivity contribution in [1.82, 2.24) is 0 Å². The molecule has 2 heterocycles. The van der Waals surface area contributed by atoms with Crippen LogP contribution < -0.4 is 9.80 Å². The van der Waals surface area contributed by atoms with Gasteiger partial charge in [-0.3, -0.25) is 0 Å². The summed E-state index contributed by atoms with van der Waals surface area (Å²) in [4.78, 5) is 7.95. The Morgan fingerprint density at radius 2 is 1.00 bits per heavy atom. The summed E-state index contributed by atoms with van der Waals surface area (Å²) in [5.41, 5.74) is 2.92. The number of anilines is 2. The van der Waals surface area contributed by atoms with E-state index in [1.165, 1.54) is 21.2 Å². The lowest BCUT2D eigenvalue weighted by Crippen LogP contribution is -2.45. The van der Waals surface area contributed by atoms with Crippen molar-refractivity contribution in [2.24, 2.45) is 0 Å². The van der Waals surface area contributed by atoms with Gasteiger partial charge in [0.15, 0.2) is 0 Å². The normalized spacial score (nSPS) is 21.8. The Kier molecular flexibility index (Phi) is 5.62. The predicted molar refractivity (Wildman–Crippen MR) is 132 cm³/mol. The summed E-state index contributed by atoms with van der Waals surface area (Å²) in [6.07, 6.45) is 0. The molecule has 0 N–H and O–H groups in total. The van der Waals surface area contributed by atoms with Crippen molar-refractivity contribution in [3.63, 3.8) is 0 Å². The number of benzene rings is 2. The lowest BCUT2D eigenvalue weighted by Gasteiger charge is -2.40. The van der Waals surface area contributed by atoms with Crippen LogP contribution in [-0.4, -0.2) is 20.5 Å². The fourth-order valence-corrected chi connectivity index (χ4v) is 10.8. The van der Waals surface area contributed by atoms with Crippen LogP contribution in [0.1, 0.15) is 41.5 Å². The molecule has 0 bridgehead atoms. The predicted octanol–water partition coefficient (Wildman–Crippen LogP) is 7.76. The van der Waals surface area contributed by atoms with Gasteiger partial charge >= 0.3 is 0 Å². The molecule has 4 rings (SSSR count). The minimum Gasteiger partial charge on any atom is -0.344 e. The largest absolute Gasteiger partial charge is 0.344 e. The molecule has 0 fully saturated rings. The SMILES string of the molecule is CC(C)(C)N1c2ccccc2SC1SSC1Sc2ccccc2N1C(C)(C)C. The molecule has 6 heteroatoms. The van der Waals surface area contributed by atoms with Crippen molar-refractivity contribution >= 4 is 56.5 Å². The highest BCUT2D eigenvalue weighted by Crippen LogP contribution is 2.58. The average molecular weight is 449 g/mol. The molecule has 150 valence electrons. The maximum absolute atomic E-state index is 2.58. The van der Waals surface area contributed by atoms with Crippen LogP contribution in [-0.2, 0) is 0 Å². The fourth-order valence-electron chi connectivity index (χ4n) is 3.64. The average Bonchev–Trinajstić information content (AvgIpc) is 3.16. The molecule has 28 heavy (non-hydrogen) atoms. The van der Waals surface area contributed by atoms with Crippen molar-refractivity contribution in [2.75, 3.05) is 9.80 Å². The highest BCUT2D eigenvalue weighted by molar-refractivity contribution is 8.80. The van der Waals surface area contributed by atoms with Crippen LogP contribution in [0.5, 0.6) is 0 Å². The van der Waals surface area contributed by atoms with E-state index in [0.717, 1.165) is 0 Å². The molecule has 2 nitrogen and oxygen atoms in total. The van der Waals surface area contributed by atoms with E-state index in [9.17, 15) is 0 Å². The van der Waals surface area contributed by atoms with Crippen molar-refractivity contribution in [2.45, 2.75) is 71.8 Å². The zero-order valence-corrected chi connectivity index (χ0v) is 20.6. The van der Waals surface area contributed by atoms with Gasteiger partial charge in [0.25, 0.3) is 0 Å². The fraction of sp³-hybridized carbons (Fsp3) is 0.455. The quantitative estimate of drug-likeness (QED) is 0.439. The number of hydrogen-bond donors (Lipinski definition) is 0. The zero-order valence-electron chi connectivity index (χ0n) is 17.3. The molecule has 0 aromatic heterocycles. The highest BCUT2D eigenvalue weighted by atomic mass is 33.1. The van der Waals surface area contributed by atoms with Gasteiger partial charge in [0.2, 0.25) is 0 Å². The summed E-state index contributed by atoms with van der Waals surface area (Å²) in [6, 6.07) is 17.7. The van der Waals surface area contributed by atoms with Crippen LogP contribution in [0.25, 0.3) is 0 Å². The Hall–Kier alpha value is -0.560. The summed E-state index contributed by atoms with van der Waals surface area (Å²) >= 11 is 3.97. The first-order valence-electron chi connectivity index (χ1n) is 9.58. The van der Waals surface area contributed by atoms with Crippen molar-refractivity contribution in [1.29, 1.82) is 0 Å². The molecule has 0 saturated carbocycles. The molecule has 2 aromatic carbocycles. The van der Waals surface area contributed by atoms with E-state index in [4.69, 9.17) is 0 Å². The minimum absolute atomic E-state index is 0.0906. The van der Waals surface area contributed by atoms with Crippen LogP contribution in [0.3, 0.4) is 0 Å². The summed E-state index contributed by atoms with van der Waals surface area (Å²) < 4.78 is 0.766. The topological polar surface area (TPSA) is 6.48 Å². The molecule has 2 unspecified atom stereocenters. The van der Waals surface area contributed by atoms with Gasteiger partial charge in [-0.1, -0.05) is 69.4 Å². The zero-order chi connectivity index (χ0) is 20.1. The minimum atomic E-state index is 0.0906. The molecule has 0 amide bonds. The number of nitrogens with zero attached hydrogens (tertiary/aromatic N) is 2. The Morgan fingerprint density at radius 3 is 1.36 bits per heavy atom. The van der Waals surface area contributed by atoms with E-state index in [1.807, 2.05) is 45.1 Å². The maximum Gasteiger partial charge on any atom is 0.137 e. The molecule has 2 aliphatic heterocycles. The summed E-state index contributed by atoms with van der Waals surface area (Å²) in [7, 11) is 4.01. The van der Waals surface area contributed by atoms with Gasteiger partial charge in [0.05, 0.1) is 11.4 Å². The van der Waals surface area contributed by atoms with Crippen molar-refractivity contribution < 1.29 is 0 Å². The highest BCUT2D eigenvalue weighted by Gasteiger charge is 2.41. The Balaban J connectivity index is 1.54. The monoisotopic (exact) mass is 448 g/mol. The van der Waals surface area contributed by atoms with Gasteiger partial charge in [0.1, 0.15) is 9.41 Å². The van der Waals surface area contributed by atoms with Gasteiger partial charge in [-0.05, 0) is 65.8 Å². The first-order valence-corrected chi connectivity index (χ1v) is 13.6. The Morgan fingerprint density at radius 1 is 0.643 bits per heavy atom. The molecule has 2 aromatic rings. The number of para-hydroxylation sites is 2. The van der Waals surface area contributed by atoms with Gasteiger partial charge in [0, 0.05) is 20.9 Å². The third-order valence-corrected chi connectivity index (χ3v) is 11.0. The number of hydrogen-bond acceptors (Lipinski definition) is 6. The van der Waals surface area contributed by atoms with Gasteiger partial charge < -0.3 is 9.80 Å². The number of thioether (sulfide) groups is 2. The van der Waals surface area contributed by atoms with Crippen LogP contribution in [0.2, 0.25) is 0 Å². The number of fused-ring (bicyclic) bond motifs is 2. The summed E-state index contributed by atoms with van der Waals surface area (Å²) in [6.45, 7) is 13.9. The van der Waals surface area contributed by atoms with E-state index in [-0.39, 0.29) is 11.1 Å². The molecule has 0 radical (unpaired) electrons. The molecular formula is C22H28N2S4. The maximum atomic E-state index is 2.58. The molecule has 0 aliphatic carbocycles. The van der Waals surface area contributed by atoms with Crippen molar-refractivity contribution in [3.8, 4) is 0 Å². The van der Waals surface area contributed by atoms with Crippen LogP contribution >= 0.6 is 45.1 Å². The molecule has 2 aliphatic rings. The van der Waals surface area contributed by atoms with E-state index >= 15 is 0 Å². The lowest BCUT2D eigenvalue weighted by atomic mass is 10.1. The molecule has 0 spiro atoms. The van der Waals surface area contributed by atoms with E-state index < -0.39 is 0 Å². The van der Waals surface area contributed by atoms with E-state index in [1.54, 1.807) is 0 Å². The second kappa shape index (κ2) is 7.60. The van der Waals surface area contributed by atoms with Crippen LogP contribution in [0, 0.1) is 0 Å². The molecular weight excluding hydrogens is 421 g/mol. The second-order valence-corrected chi connectivity index (χ2v) is 14.3. The van der Waals surface area contributed by atoms with Crippen molar-refractivity contribution in [3.05, 3.63) is 48.5 Å². The van der Waals surface area contributed by atoms with E-state index in [2.05, 4.69) is 99.9 Å². The Bertz CT molecular complexity index is 785. The first kappa shape index (κ1) is 20.7. The Labute approximate surface area is 186 Å².